The molecule has 6 N–H and O–H groups in total. The van der Waals surface area contributed by atoms with Crippen molar-refractivity contribution < 1.29 is 9.84 Å². The lowest BCUT2D eigenvalue weighted by Gasteiger charge is -2.66. The van der Waals surface area contributed by atoms with Crippen LogP contribution in [0.5, 0.6) is 0 Å². The van der Waals surface area contributed by atoms with Crippen LogP contribution in [0.25, 0.3) is 0 Å². The molecular weight excluding hydrogens is 478 g/mol. The number of ether oxygens (including phenoxy) is 1. The van der Waals surface area contributed by atoms with Crippen LogP contribution in [0.1, 0.15) is 98.3 Å². The molecule has 11 atom stereocenters. The second-order valence-corrected chi connectivity index (χ2v) is 14.0. The predicted octanol–water partition coefficient (Wildman–Crippen LogP) is 4.52. The Kier molecular flexibility index (Phi) is 9.96. The number of hydrogen-bond donors (Lipinski definition) is 5. The zero-order valence-corrected chi connectivity index (χ0v) is 24.8. The van der Waals surface area contributed by atoms with Crippen LogP contribution in [0, 0.1) is 51.2 Å². The van der Waals surface area contributed by atoms with E-state index >= 15 is 0 Å². The van der Waals surface area contributed by atoms with Crippen molar-refractivity contribution in [1.82, 2.24) is 16.2 Å². The van der Waals surface area contributed by atoms with E-state index in [4.69, 9.17) is 10.5 Å². The van der Waals surface area contributed by atoms with E-state index in [1.165, 1.54) is 32.1 Å². The third-order valence-corrected chi connectivity index (χ3v) is 12.3. The van der Waals surface area contributed by atoms with E-state index in [1.54, 1.807) is 7.11 Å². The van der Waals surface area contributed by atoms with Gasteiger partial charge in [0.05, 0.1) is 6.67 Å². The Bertz CT molecular complexity index is 787. The standard InChI is InChI=1S/C30H57N5O3/c1-6-15-33-34-19-32-18-21-11-14-29(4)25-12-13-28(3)23(20(2)7-10-27(36)38-5)8-9-24(28)22(25)16-26(35-37)30(29,31)17-21/h20-27,32-34,36H,6-19,31H2,1-5H3/t20?,21-,22?,23+,24?,25?,26+,27?,28+,29+,30-/m0/s1. The van der Waals surface area contributed by atoms with Crippen molar-refractivity contribution in [2.75, 3.05) is 26.9 Å². The van der Waals surface area contributed by atoms with Crippen molar-refractivity contribution in [2.45, 2.75) is 116 Å². The number of nitroso groups, excluding NO2 is 1. The van der Waals surface area contributed by atoms with Crippen molar-refractivity contribution >= 4 is 0 Å². The van der Waals surface area contributed by atoms with Crippen molar-refractivity contribution in [3.8, 4) is 0 Å². The largest absolute Gasteiger partial charge is 0.368 e. The summed E-state index contributed by atoms with van der Waals surface area (Å²) in [6.07, 6.45) is 11.2. The molecule has 4 saturated carbocycles. The van der Waals surface area contributed by atoms with E-state index in [0.29, 0.717) is 47.3 Å². The number of fused-ring (bicyclic) bond motifs is 5. The fourth-order valence-electron chi connectivity index (χ4n) is 10.1. The Labute approximate surface area is 231 Å². The third kappa shape index (κ3) is 5.47. The monoisotopic (exact) mass is 535 g/mol. The van der Waals surface area contributed by atoms with Crippen LogP contribution in [-0.2, 0) is 4.74 Å². The molecule has 38 heavy (non-hydrogen) atoms. The van der Waals surface area contributed by atoms with Crippen LogP contribution < -0.4 is 21.9 Å². The van der Waals surface area contributed by atoms with E-state index in [0.717, 1.165) is 51.9 Å². The summed E-state index contributed by atoms with van der Waals surface area (Å²) in [7, 11) is 1.58. The van der Waals surface area contributed by atoms with Gasteiger partial charge in [-0.3, -0.25) is 5.43 Å². The average Bonchev–Trinajstić information content (AvgIpc) is 3.26. The number of nitrogens with zero attached hydrogens (tertiary/aromatic N) is 1. The van der Waals surface area contributed by atoms with E-state index < -0.39 is 11.8 Å². The van der Waals surface area contributed by atoms with Crippen LogP contribution in [-0.4, -0.2) is 49.8 Å². The highest BCUT2D eigenvalue weighted by atomic mass is 16.6. The first kappa shape index (κ1) is 30.3. The van der Waals surface area contributed by atoms with Gasteiger partial charge in [-0.1, -0.05) is 32.9 Å². The lowest BCUT2D eigenvalue weighted by atomic mass is 9.40. The van der Waals surface area contributed by atoms with Crippen LogP contribution >= 0.6 is 0 Å². The summed E-state index contributed by atoms with van der Waals surface area (Å²) < 4.78 is 5.10. The number of methoxy groups -OCH3 is 1. The second kappa shape index (κ2) is 12.5. The maximum atomic E-state index is 12.4. The molecule has 4 aliphatic carbocycles. The molecule has 0 bridgehead atoms. The van der Waals surface area contributed by atoms with Crippen LogP contribution in [0.15, 0.2) is 5.18 Å². The molecule has 5 unspecified atom stereocenters. The first-order valence-electron chi connectivity index (χ1n) is 15.6. The number of nitrogens with two attached hydrogens (primary N) is 1. The molecular formula is C30H57N5O3. The lowest BCUT2D eigenvalue weighted by molar-refractivity contribution is -0.140. The molecule has 0 saturated heterocycles. The molecule has 0 amide bonds. The summed E-state index contributed by atoms with van der Waals surface area (Å²) in [5, 5.41) is 17.3. The molecule has 0 aromatic rings. The zero-order valence-electron chi connectivity index (χ0n) is 24.8. The van der Waals surface area contributed by atoms with Crippen LogP contribution in [0.2, 0.25) is 0 Å². The van der Waals surface area contributed by atoms with Crippen molar-refractivity contribution in [3.05, 3.63) is 4.91 Å². The highest BCUT2D eigenvalue weighted by molar-refractivity contribution is 5.20. The Hall–Kier alpha value is -0.640. The Balaban J connectivity index is 1.44. The molecule has 0 heterocycles. The number of hydrogen-bond acceptors (Lipinski definition) is 8. The van der Waals surface area contributed by atoms with Gasteiger partial charge >= 0.3 is 0 Å². The van der Waals surface area contributed by atoms with Gasteiger partial charge in [-0.05, 0) is 124 Å². The number of aliphatic hydroxyl groups excluding tert-OH is 1. The van der Waals surface area contributed by atoms with Crippen LogP contribution in [0.3, 0.4) is 0 Å². The highest BCUT2D eigenvalue weighted by Crippen LogP contribution is 2.69. The molecule has 4 aliphatic rings. The van der Waals surface area contributed by atoms with Crippen molar-refractivity contribution in [1.29, 1.82) is 0 Å². The van der Waals surface area contributed by atoms with Gasteiger partial charge in [-0.2, -0.15) is 4.91 Å². The van der Waals surface area contributed by atoms with E-state index in [2.05, 4.69) is 49.0 Å². The van der Waals surface area contributed by atoms with E-state index in [1.807, 2.05) is 0 Å². The minimum atomic E-state index is -0.659. The first-order chi connectivity index (χ1) is 18.1. The second-order valence-electron chi connectivity index (χ2n) is 14.0. The van der Waals surface area contributed by atoms with Crippen LogP contribution in [0.4, 0.5) is 0 Å². The van der Waals surface area contributed by atoms with Crippen molar-refractivity contribution in [3.63, 3.8) is 0 Å². The fraction of sp³-hybridized carbons (Fsp3) is 1.00. The Morgan fingerprint density at radius 2 is 1.89 bits per heavy atom. The normalized spacial score (nSPS) is 44.1. The zero-order chi connectivity index (χ0) is 27.6. The summed E-state index contributed by atoms with van der Waals surface area (Å²) in [5.41, 5.74) is 13.6. The molecule has 4 rings (SSSR count). The van der Waals surface area contributed by atoms with Gasteiger partial charge in [0.2, 0.25) is 0 Å². The minimum absolute atomic E-state index is 0.0282. The molecule has 0 aromatic carbocycles. The lowest BCUT2D eigenvalue weighted by Crippen LogP contribution is -2.72. The van der Waals surface area contributed by atoms with Crippen molar-refractivity contribution in [2.24, 2.45) is 57.2 Å². The van der Waals surface area contributed by atoms with Gasteiger partial charge in [-0.25, -0.2) is 5.43 Å². The number of aliphatic hydroxyl groups is 1. The summed E-state index contributed by atoms with van der Waals surface area (Å²) >= 11 is 0. The molecule has 0 aromatic heterocycles. The molecule has 0 radical (unpaired) electrons. The summed E-state index contributed by atoms with van der Waals surface area (Å²) in [6.45, 7) is 12.1. The molecule has 8 nitrogen and oxygen atoms in total. The SMILES string of the molecule is CCCNNCNC[C@H]1CC[C@]2(C)C3CC[C@@]4(C)C(CC[C@@H]4C(C)CCC(O)OC)C3C[C@@H](N=O)[C@@]2(N)C1. The fourth-order valence-corrected chi connectivity index (χ4v) is 10.1. The predicted molar refractivity (Wildman–Crippen MR) is 153 cm³/mol. The summed E-state index contributed by atoms with van der Waals surface area (Å²) in [6, 6.07) is -0.295. The maximum absolute atomic E-state index is 12.4. The summed E-state index contributed by atoms with van der Waals surface area (Å²) in [4.78, 5) is 12.4. The number of rotatable bonds is 13. The minimum Gasteiger partial charge on any atom is -0.368 e. The summed E-state index contributed by atoms with van der Waals surface area (Å²) in [5.74, 6) is 3.49. The van der Waals surface area contributed by atoms with E-state index in [9.17, 15) is 10.0 Å². The first-order valence-corrected chi connectivity index (χ1v) is 15.6. The highest BCUT2D eigenvalue weighted by Gasteiger charge is 2.67. The smallest absolute Gasteiger partial charge is 0.154 e. The topological polar surface area (TPSA) is 121 Å². The maximum Gasteiger partial charge on any atom is 0.154 e. The quantitative estimate of drug-likeness (QED) is 0.102. The Morgan fingerprint density at radius 3 is 2.61 bits per heavy atom. The molecule has 220 valence electrons. The van der Waals surface area contributed by atoms with Gasteiger partial charge in [-0.15, -0.1) is 0 Å². The molecule has 0 spiro atoms. The Morgan fingerprint density at radius 1 is 1.11 bits per heavy atom. The molecule has 4 fully saturated rings. The van der Waals surface area contributed by atoms with Gasteiger partial charge in [0, 0.05) is 19.2 Å². The van der Waals surface area contributed by atoms with Gasteiger partial charge < -0.3 is 20.9 Å². The third-order valence-electron chi connectivity index (χ3n) is 12.3. The van der Waals surface area contributed by atoms with Gasteiger partial charge in [0.1, 0.15) is 6.04 Å². The van der Waals surface area contributed by atoms with E-state index in [-0.39, 0.29) is 11.5 Å². The number of nitrogens with one attached hydrogen (secondary N) is 3. The molecule has 0 aliphatic heterocycles. The molecule has 8 heteroatoms. The average molecular weight is 536 g/mol. The van der Waals surface area contributed by atoms with Gasteiger partial charge in [0.15, 0.2) is 6.29 Å². The van der Waals surface area contributed by atoms with Gasteiger partial charge in [0.25, 0.3) is 0 Å². The number of hydrazine groups is 1.